The summed E-state index contributed by atoms with van der Waals surface area (Å²) in [5, 5.41) is 18.2. The Hall–Kier alpha value is -0.380. The average molecular weight is 155 g/mol. The van der Waals surface area contributed by atoms with Gasteiger partial charge in [-0.3, -0.25) is 4.90 Å². The molecule has 2 unspecified atom stereocenters. The van der Waals surface area contributed by atoms with Gasteiger partial charge in [0, 0.05) is 19.1 Å². The number of nitrogens with zero attached hydrogens (tertiary/aromatic N) is 1. The molecule has 0 bridgehead atoms. The molecule has 0 spiro atoms. The van der Waals surface area contributed by atoms with Crippen molar-refractivity contribution in [2.75, 3.05) is 19.7 Å². The fourth-order valence-electron chi connectivity index (χ4n) is 2.01. The minimum absolute atomic E-state index is 0.147. The van der Waals surface area contributed by atoms with Crippen molar-refractivity contribution in [3.63, 3.8) is 0 Å². The predicted molar refractivity (Wildman–Crippen MR) is 41.2 cm³/mol. The van der Waals surface area contributed by atoms with Gasteiger partial charge in [-0.15, -0.1) is 0 Å². The molecule has 0 aromatic heterocycles. The zero-order valence-electron chi connectivity index (χ0n) is 6.40. The van der Waals surface area contributed by atoms with Crippen molar-refractivity contribution in [3.8, 4) is 0 Å². The quantitative estimate of drug-likeness (QED) is 0.495. The maximum Gasteiger partial charge on any atom is 0.0685 e. The first-order valence-corrected chi connectivity index (χ1v) is 4.03. The highest BCUT2D eigenvalue weighted by Crippen LogP contribution is 2.28. The molecule has 2 rings (SSSR count). The van der Waals surface area contributed by atoms with Crippen molar-refractivity contribution in [1.82, 2.24) is 4.90 Å². The van der Waals surface area contributed by atoms with E-state index in [9.17, 15) is 5.11 Å². The van der Waals surface area contributed by atoms with E-state index in [1.807, 2.05) is 0 Å². The van der Waals surface area contributed by atoms with Gasteiger partial charge in [-0.05, 0) is 12.0 Å². The van der Waals surface area contributed by atoms with Crippen LogP contribution in [-0.2, 0) is 0 Å². The molecule has 2 N–H and O–H groups in total. The molecule has 62 valence electrons. The van der Waals surface area contributed by atoms with Crippen LogP contribution < -0.4 is 0 Å². The zero-order valence-corrected chi connectivity index (χ0v) is 6.40. The lowest BCUT2D eigenvalue weighted by Gasteiger charge is -2.15. The van der Waals surface area contributed by atoms with Gasteiger partial charge < -0.3 is 10.2 Å². The summed E-state index contributed by atoms with van der Waals surface area (Å²) in [6.07, 6.45) is 2.68. The highest BCUT2D eigenvalue weighted by Gasteiger charge is 2.35. The van der Waals surface area contributed by atoms with Crippen LogP contribution in [0.5, 0.6) is 0 Å². The average Bonchev–Trinajstić information content (AvgIpc) is 2.45. The Morgan fingerprint density at radius 3 is 3.18 bits per heavy atom. The Bertz CT molecular complexity index is 191. The van der Waals surface area contributed by atoms with Gasteiger partial charge in [-0.2, -0.15) is 0 Å². The van der Waals surface area contributed by atoms with Crippen LogP contribution in [-0.4, -0.2) is 47.0 Å². The van der Waals surface area contributed by atoms with Crippen LogP contribution in [0, 0.1) is 0 Å². The number of aliphatic hydroxyl groups excluding tert-OH is 2. The lowest BCUT2D eigenvalue weighted by atomic mass is 10.1. The van der Waals surface area contributed by atoms with Crippen molar-refractivity contribution < 1.29 is 10.2 Å². The molecule has 2 aliphatic rings. The first-order chi connectivity index (χ1) is 5.31. The second-order valence-corrected chi connectivity index (χ2v) is 3.30. The molecule has 2 aliphatic heterocycles. The van der Waals surface area contributed by atoms with E-state index in [0.29, 0.717) is 6.04 Å². The van der Waals surface area contributed by atoms with Gasteiger partial charge in [-0.25, -0.2) is 0 Å². The van der Waals surface area contributed by atoms with Gasteiger partial charge in [0.25, 0.3) is 0 Å². The van der Waals surface area contributed by atoms with Crippen molar-refractivity contribution in [2.24, 2.45) is 0 Å². The predicted octanol–water partition coefficient (Wildman–Crippen LogP) is -0.646. The van der Waals surface area contributed by atoms with Gasteiger partial charge in [0.2, 0.25) is 0 Å². The molecule has 1 fully saturated rings. The molecule has 0 amide bonds. The molecular weight excluding hydrogens is 142 g/mol. The molecule has 3 nitrogen and oxygen atoms in total. The highest BCUT2D eigenvalue weighted by atomic mass is 16.3. The highest BCUT2D eigenvalue weighted by molar-refractivity contribution is 5.21. The monoisotopic (exact) mass is 155 g/mol. The third-order valence-electron chi connectivity index (χ3n) is 2.58. The number of aliphatic hydroxyl groups is 2. The van der Waals surface area contributed by atoms with Crippen LogP contribution in [0.15, 0.2) is 11.6 Å². The van der Waals surface area contributed by atoms with E-state index in [0.717, 1.165) is 25.1 Å². The van der Waals surface area contributed by atoms with E-state index in [4.69, 9.17) is 5.11 Å². The fourth-order valence-corrected chi connectivity index (χ4v) is 2.01. The van der Waals surface area contributed by atoms with Crippen LogP contribution in [0.4, 0.5) is 0 Å². The summed E-state index contributed by atoms with van der Waals surface area (Å²) in [4.78, 5) is 2.20. The lowest BCUT2D eigenvalue weighted by Crippen LogP contribution is -2.26. The van der Waals surface area contributed by atoms with Gasteiger partial charge in [0.1, 0.15) is 0 Å². The van der Waals surface area contributed by atoms with Crippen LogP contribution in [0.3, 0.4) is 0 Å². The number of rotatable bonds is 1. The molecule has 0 aliphatic carbocycles. The van der Waals surface area contributed by atoms with Crippen LogP contribution in [0.2, 0.25) is 0 Å². The largest absolute Gasteiger partial charge is 0.392 e. The Balaban J connectivity index is 2.08. The third kappa shape index (κ3) is 1.09. The van der Waals surface area contributed by atoms with Gasteiger partial charge >= 0.3 is 0 Å². The van der Waals surface area contributed by atoms with Crippen molar-refractivity contribution in [3.05, 3.63) is 11.6 Å². The smallest absolute Gasteiger partial charge is 0.0685 e. The van der Waals surface area contributed by atoms with E-state index in [1.165, 1.54) is 0 Å². The summed E-state index contributed by atoms with van der Waals surface area (Å²) in [6.45, 7) is 1.82. The Kier molecular flexibility index (Phi) is 1.71. The van der Waals surface area contributed by atoms with Crippen molar-refractivity contribution in [2.45, 2.75) is 18.6 Å². The Morgan fingerprint density at radius 1 is 1.64 bits per heavy atom. The summed E-state index contributed by atoms with van der Waals surface area (Å²) in [5.41, 5.74) is 1.08. The molecule has 2 atom stereocenters. The summed E-state index contributed by atoms with van der Waals surface area (Å²) < 4.78 is 0. The van der Waals surface area contributed by atoms with Gasteiger partial charge in [-0.1, -0.05) is 6.08 Å². The summed E-state index contributed by atoms with van der Waals surface area (Å²) in [7, 11) is 0. The fraction of sp³-hybridized carbons (Fsp3) is 0.750. The van der Waals surface area contributed by atoms with E-state index in [-0.39, 0.29) is 12.7 Å². The molecular formula is C8H13NO2. The molecule has 3 heteroatoms. The SMILES string of the molecule is OCC1=CCN2CC(O)CC12. The van der Waals surface area contributed by atoms with Crippen molar-refractivity contribution in [1.29, 1.82) is 0 Å². The molecule has 0 saturated carbocycles. The van der Waals surface area contributed by atoms with Crippen LogP contribution in [0.1, 0.15) is 6.42 Å². The standard InChI is InChI=1S/C8H13NO2/c10-5-6-1-2-9-4-7(11)3-8(6)9/h1,7-8,10-11H,2-5H2. The van der Waals surface area contributed by atoms with E-state index in [2.05, 4.69) is 11.0 Å². The number of hydrogen-bond donors (Lipinski definition) is 2. The Labute approximate surface area is 65.9 Å². The normalized spacial score (nSPS) is 37.5. The summed E-state index contributed by atoms with van der Waals surface area (Å²) >= 11 is 0. The maximum atomic E-state index is 9.30. The topological polar surface area (TPSA) is 43.7 Å². The van der Waals surface area contributed by atoms with Crippen LogP contribution in [0.25, 0.3) is 0 Å². The molecule has 2 heterocycles. The number of fused-ring (bicyclic) bond motifs is 1. The minimum atomic E-state index is -0.185. The first-order valence-electron chi connectivity index (χ1n) is 4.03. The first kappa shape index (κ1) is 7.28. The van der Waals surface area contributed by atoms with Gasteiger partial charge in [0.15, 0.2) is 0 Å². The van der Waals surface area contributed by atoms with Crippen LogP contribution >= 0.6 is 0 Å². The molecule has 0 aromatic carbocycles. The third-order valence-corrected chi connectivity index (χ3v) is 2.58. The summed E-state index contributed by atoms with van der Waals surface area (Å²) in [5.74, 6) is 0. The molecule has 11 heavy (non-hydrogen) atoms. The van der Waals surface area contributed by atoms with Gasteiger partial charge in [0.05, 0.1) is 12.7 Å². The second kappa shape index (κ2) is 2.59. The lowest BCUT2D eigenvalue weighted by molar-refractivity contribution is 0.180. The maximum absolute atomic E-state index is 9.30. The second-order valence-electron chi connectivity index (χ2n) is 3.30. The molecule has 1 saturated heterocycles. The molecule has 0 radical (unpaired) electrons. The number of hydrogen-bond acceptors (Lipinski definition) is 3. The van der Waals surface area contributed by atoms with Crippen molar-refractivity contribution >= 4 is 0 Å². The zero-order chi connectivity index (χ0) is 7.84. The van der Waals surface area contributed by atoms with E-state index >= 15 is 0 Å². The Morgan fingerprint density at radius 2 is 2.45 bits per heavy atom. The van der Waals surface area contributed by atoms with E-state index < -0.39 is 0 Å². The minimum Gasteiger partial charge on any atom is -0.392 e. The molecule has 0 aromatic rings. The van der Waals surface area contributed by atoms with E-state index in [1.54, 1.807) is 0 Å². The summed E-state index contributed by atoms with van der Waals surface area (Å²) in [6, 6.07) is 0.329.